The van der Waals surface area contributed by atoms with Crippen LogP contribution in [-0.4, -0.2) is 54.6 Å². The summed E-state index contributed by atoms with van der Waals surface area (Å²) in [7, 11) is 0. The van der Waals surface area contributed by atoms with E-state index in [1.54, 1.807) is 0 Å². The van der Waals surface area contributed by atoms with E-state index in [1.807, 2.05) is 16.5 Å². The van der Waals surface area contributed by atoms with Crippen LogP contribution >= 0.6 is 0 Å². The number of amides is 1. The first kappa shape index (κ1) is 21.4. The maximum absolute atomic E-state index is 13.8. The van der Waals surface area contributed by atoms with E-state index in [0.717, 1.165) is 79.7 Å². The zero-order valence-corrected chi connectivity index (χ0v) is 19.5. The molecular weight excluding hydrogens is 404 g/mol. The molecule has 1 atom stereocenters. The quantitative estimate of drug-likeness (QED) is 0.793. The zero-order chi connectivity index (χ0) is 22.4. The molecule has 1 saturated heterocycles. The Morgan fingerprint density at radius 2 is 1.91 bits per heavy atom. The van der Waals surface area contributed by atoms with Crippen molar-refractivity contribution in [3.63, 3.8) is 0 Å². The summed E-state index contributed by atoms with van der Waals surface area (Å²) in [6.07, 6.45) is 6.60. The predicted octanol–water partition coefficient (Wildman–Crippen LogP) is 2.61. The number of fused-ring (bicyclic) bond motifs is 2. The Morgan fingerprint density at radius 1 is 1.09 bits per heavy atom. The van der Waals surface area contributed by atoms with Crippen molar-refractivity contribution in [2.75, 3.05) is 13.1 Å². The molecule has 8 nitrogen and oxygen atoms in total. The van der Waals surface area contributed by atoms with Gasteiger partial charge in [0.2, 0.25) is 0 Å². The van der Waals surface area contributed by atoms with Gasteiger partial charge >= 0.3 is 0 Å². The minimum Gasteiger partial charge on any atom is -0.327 e. The number of carbonyl (C=O) groups is 1. The lowest BCUT2D eigenvalue weighted by Crippen LogP contribution is -2.40. The highest BCUT2D eigenvalue weighted by molar-refractivity contribution is 5.95. The molecule has 1 aliphatic carbocycles. The number of aromatic nitrogens is 4. The average molecular weight is 439 g/mol. The first-order valence-electron chi connectivity index (χ1n) is 12.2. The topological polar surface area (TPSA) is 87.1 Å². The Balaban J connectivity index is 1.48. The van der Waals surface area contributed by atoms with Crippen LogP contribution in [0.25, 0.3) is 0 Å². The van der Waals surface area contributed by atoms with Crippen LogP contribution in [0.3, 0.4) is 0 Å². The molecule has 0 radical (unpaired) electrons. The molecule has 8 heteroatoms. The molecule has 5 rings (SSSR count). The molecule has 0 aromatic carbocycles. The van der Waals surface area contributed by atoms with Gasteiger partial charge < -0.3 is 9.88 Å². The van der Waals surface area contributed by atoms with Crippen LogP contribution in [0.2, 0.25) is 0 Å². The second-order valence-electron chi connectivity index (χ2n) is 9.64. The van der Waals surface area contributed by atoms with Crippen LogP contribution in [-0.2, 0) is 32.4 Å². The molecule has 0 bridgehead atoms. The molecule has 1 N–H and O–H groups in total. The summed E-state index contributed by atoms with van der Waals surface area (Å²) in [6, 6.07) is 0.229. The third-order valence-corrected chi connectivity index (χ3v) is 7.41. The SMILES string of the molecule is CCn1nc2c(c1C(=O)N1CCCC1c1nc3c(c(=O)[nH]1)CCN(C(C)C)C3)CCCC2. The number of likely N-dealkylation sites (tertiary alicyclic amines) is 1. The number of H-pyrrole nitrogens is 1. The Labute approximate surface area is 189 Å². The molecule has 1 amide bonds. The zero-order valence-electron chi connectivity index (χ0n) is 19.5. The Kier molecular flexibility index (Phi) is 5.65. The van der Waals surface area contributed by atoms with Crippen LogP contribution in [0.1, 0.15) is 91.3 Å². The number of nitrogens with zero attached hydrogens (tertiary/aromatic N) is 5. The molecule has 4 heterocycles. The van der Waals surface area contributed by atoms with Crippen LogP contribution < -0.4 is 5.56 Å². The highest BCUT2D eigenvalue weighted by atomic mass is 16.2. The second-order valence-corrected chi connectivity index (χ2v) is 9.64. The summed E-state index contributed by atoms with van der Waals surface area (Å²) in [5.41, 5.74) is 4.61. The summed E-state index contributed by atoms with van der Waals surface area (Å²) < 4.78 is 1.89. The van der Waals surface area contributed by atoms with Crippen LogP contribution in [0.4, 0.5) is 0 Å². The maximum Gasteiger partial charge on any atom is 0.273 e. The number of nitrogens with one attached hydrogen (secondary N) is 1. The van der Waals surface area contributed by atoms with Crippen molar-refractivity contribution in [1.82, 2.24) is 29.5 Å². The normalized spacial score (nSPS) is 21.1. The van der Waals surface area contributed by atoms with E-state index < -0.39 is 0 Å². The lowest BCUT2D eigenvalue weighted by atomic mass is 9.95. The van der Waals surface area contributed by atoms with E-state index in [2.05, 4.69) is 23.7 Å². The molecule has 1 fully saturated rings. The summed E-state index contributed by atoms with van der Waals surface area (Å²) >= 11 is 0. The van der Waals surface area contributed by atoms with Crippen LogP contribution in [0, 0.1) is 0 Å². The Hall–Kier alpha value is -2.48. The van der Waals surface area contributed by atoms with Crippen molar-refractivity contribution in [2.45, 2.75) is 90.9 Å². The van der Waals surface area contributed by atoms with E-state index in [9.17, 15) is 9.59 Å². The molecule has 1 unspecified atom stereocenters. The van der Waals surface area contributed by atoms with Crippen molar-refractivity contribution in [1.29, 1.82) is 0 Å². The molecule has 3 aliphatic rings. The minimum atomic E-state index is -0.186. The lowest BCUT2D eigenvalue weighted by molar-refractivity contribution is 0.0715. The van der Waals surface area contributed by atoms with Gasteiger partial charge in [0.15, 0.2) is 0 Å². The maximum atomic E-state index is 13.8. The fourth-order valence-electron chi connectivity index (χ4n) is 5.58. The standard InChI is InChI=1S/C24H34N6O2/c1-4-30-21(16-8-5-6-9-18(16)27-30)24(32)29-12-7-10-20(29)22-25-19-14-28(15(2)3)13-11-17(19)23(31)26-22/h15,20H,4-14H2,1-3H3,(H,25,26,31). The fraction of sp³-hybridized carbons (Fsp3) is 0.667. The third-order valence-electron chi connectivity index (χ3n) is 7.41. The summed E-state index contributed by atoms with van der Waals surface area (Å²) in [5.74, 6) is 0.677. The van der Waals surface area contributed by atoms with Crippen molar-refractivity contribution >= 4 is 5.91 Å². The van der Waals surface area contributed by atoms with Crippen LogP contribution in [0.15, 0.2) is 4.79 Å². The molecule has 32 heavy (non-hydrogen) atoms. The second kappa shape index (κ2) is 8.46. The molecule has 0 saturated carbocycles. The van der Waals surface area contributed by atoms with Gasteiger partial charge in [0, 0.05) is 43.3 Å². The van der Waals surface area contributed by atoms with Crippen molar-refractivity contribution in [2.24, 2.45) is 0 Å². The first-order chi connectivity index (χ1) is 15.5. The summed E-state index contributed by atoms with van der Waals surface area (Å²) in [6.45, 7) is 9.34. The van der Waals surface area contributed by atoms with E-state index in [-0.39, 0.29) is 17.5 Å². The van der Waals surface area contributed by atoms with E-state index in [0.29, 0.717) is 31.5 Å². The van der Waals surface area contributed by atoms with Gasteiger partial charge in [0.1, 0.15) is 11.5 Å². The molecular formula is C24H34N6O2. The van der Waals surface area contributed by atoms with Gasteiger partial charge in [-0.15, -0.1) is 0 Å². The molecule has 2 aromatic heterocycles. The van der Waals surface area contributed by atoms with E-state index in [4.69, 9.17) is 10.1 Å². The number of hydrogen-bond donors (Lipinski definition) is 1. The third kappa shape index (κ3) is 3.58. The summed E-state index contributed by atoms with van der Waals surface area (Å²) in [5, 5.41) is 4.75. The lowest BCUT2D eigenvalue weighted by Gasteiger charge is -2.31. The van der Waals surface area contributed by atoms with Gasteiger partial charge in [-0.2, -0.15) is 5.10 Å². The van der Waals surface area contributed by atoms with Gasteiger partial charge in [-0.3, -0.25) is 19.2 Å². The highest BCUT2D eigenvalue weighted by Gasteiger charge is 2.37. The van der Waals surface area contributed by atoms with E-state index in [1.165, 1.54) is 0 Å². The number of aryl methyl sites for hydroxylation is 2. The largest absolute Gasteiger partial charge is 0.327 e. The van der Waals surface area contributed by atoms with Crippen molar-refractivity contribution in [3.8, 4) is 0 Å². The minimum absolute atomic E-state index is 0.0363. The fourth-order valence-corrected chi connectivity index (χ4v) is 5.58. The highest BCUT2D eigenvalue weighted by Crippen LogP contribution is 2.34. The van der Waals surface area contributed by atoms with Crippen LogP contribution in [0.5, 0.6) is 0 Å². The molecule has 172 valence electrons. The van der Waals surface area contributed by atoms with Crippen molar-refractivity contribution in [3.05, 3.63) is 44.4 Å². The summed E-state index contributed by atoms with van der Waals surface area (Å²) in [4.78, 5) is 38.9. The molecule has 0 spiro atoms. The van der Waals surface area contributed by atoms with Crippen molar-refractivity contribution < 1.29 is 4.79 Å². The van der Waals surface area contributed by atoms with Gasteiger partial charge in [-0.1, -0.05) is 0 Å². The molecule has 2 aliphatic heterocycles. The Morgan fingerprint density at radius 3 is 2.69 bits per heavy atom. The van der Waals surface area contributed by atoms with Gasteiger partial charge in [0.05, 0.1) is 17.4 Å². The number of carbonyl (C=O) groups excluding carboxylic acids is 1. The number of aromatic amines is 1. The smallest absolute Gasteiger partial charge is 0.273 e. The predicted molar refractivity (Wildman–Crippen MR) is 122 cm³/mol. The number of rotatable bonds is 4. The Bertz CT molecular complexity index is 1080. The number of hydrogen-bond acceptors (Lipinski definition) is 5. The average Bonchev–Trinajstić information content (AvgIpc) is 3.43. The van der Waals surface area contributed by atoms with Gasteiger partial charge in [0.25, 0.3) is 11.5 Å². The van der Waals surface area contributed by atoms with E-state index >= 15 is 0 Å². The van der Waals surface area contributed by atoms with Gasteiger partial charge in [-0.05, 0) is 65.7 Å². The first-order valence-corrected chi connectivity index (χ1v) is 12.2. The van der Waals surface area contributed by atoms with Gasteiger partial charge in [-0.25, -0.2) is 4.98 Å². The molecule has 2 aromatic rings. The monoisotopic (exact) mass is 438 g/mol.